The maximum atomic E-state index is 12.0. The minimum atomic E-state index is -0.895. The summed E-state index contributed by atoms with van der Waals surface area (Å²) in [6.45, 7) is 3.89. The maximum absolute atomic E-state index is 12.0. The highest BCUT2D eigenvalue weighted by Gasteiger charge is 2.16. The molecule has 2 aromatic carbocycles. The average molecular weight is 385 g/mol. The van der Waals surface area contributed by atoms with Crippen molar-refractivity contribution in [2.24, 2.45) is 5.10 Å². The summed E-state index contributed by atoms with van der Waals surface area (Å²) in [5, 5.41) is 6.34. The van der Waals surface area contributed by atoms with E-state index in [1.807, 2.05) is 19.9 Å². The minimum absolute atomic E-state index is 0.388. The normalized spacial score (nSPS) is 10.5. The van der Waals surface area contributed by atoms with E-state index in [1.54, 1.807) is 24.3 Å². The van der Waals surface area contributed by atoms with Crippen molar-refractivity contribution in [3.8, 4) is 17.2 Å². The van der Waals surface area contributed by atoms with Crippen molar-refractivity contribution in [2.75, 3.05) is 26.6 Å². The topological polar surface area (TPSA) is 98.2 Å². The van der Waals surface area contributed by atoms with Gasteiger partial charge in [-0.2, -0.15) is 5.10 Å². The summed E-state index contributed by atoms with van der Waals surface area (Å²) in [5.74, 6) is -0.436. The first-order valence-corrected chi connectivity index (χ1v) is 8.41. The Labute approximate surface area is 163 Å². The Morgan fingerprint density at radius 1 is 0.893 bits per heavy atom. The molecule has 2 amide bonds. The summed E-state index contributed by atoms with van der Waals surface area (Å²) in [4.78, 5) is 24.0. The van der Waals surface area contributed by atoms with Crippen LogP contribution in [0.4, 0.5) is 5.69 Å². The Kier molecular flexibility index (Phi) is 6.97. The quantitative estimate of drug-likeness (QED) is 0.452. The number of ether oxygens (including phenoxy) is 3. The van der Waals surface area contributed by atoms with E-state index in [1.165, 1.54) is 27.5 Å². The molecule has 28 heavy (non-hydrogen) atoms. The molecule has 0 aliphatic heterocycles. The van der Waals surface area contributed by atoms with Gasteiger partial charge in [-0.05, 0) is 49.2 Å². The number of hydrazone groups is 1. The van der Waals surface area contributed by atoms with E-state index in [2.05, 4.69) is 15.8 Å². The number of carbonyl (C=O) groups is 2. The van der Waals surface area contributed by atoms with Crippen LogP contribution in [0.2, 0.25) is 0 Å². The molecule has 0 atom stereocenters. The number of benzene rings is 2. The molecule has 8 nitrogen and oxygen atoms in total. The van der Waals surface area contributed by atoms with Gasteiger partial charge in [0.25, 0.3) is 0 Å². The van der Waals surface area contributed by atoms with Gasteiger partial charge < -0.3 is 19.5 Å². The van der Waals surface area contributed by atoms with Crippen LogP contribution in [0.1, 0.15) is 16.7 Å². The van der Waals surface area contributed by atoms with Crippen LogP contribution in [-0.4, -0.2) is 39.4 Å². The molecule has 2 rings (SSSR count). The number of anilines is 1. The van der Waals surface area contributed by atoms with Gasteiger partial charge in [0.05, 0.1) is 27.5 Å². The summed E-state index contributed by atoms with van der Waals surface area (Å²) < 4.78 is 15.8. The van der Waals surface area contributed by atoms with E-state index in [0.717, 1.165) is 11.1 Å². The molecule has 8 heteroatoms. The molecule has 0 bridgehead atoms. The van der Waals surface area contributed by atoms with Gasteiger partial charge in [0.15, 0.2) is 11.5 Å². The third-order valence-corrected chi connectivity index (χ3v) is 4.08. The molecule has 2 aromatic rings. The number of methoxy groups -OCH3 is 3. The Balaban J connectivity index is 2.06. The van der Waals surface area contributed by atoms with Gasteiger partial charge in [-0.25, -0.2) is 5.43 Å². The molecule has 0 saturated heterocycles. The van der Waals surface area contributed by atoms with Crippen molar-refractivity contribution in [2.45, 2.75) is 13.8 Å². The molecular weight excluding hydrogens is 362 g/mol. The monoisotopic (exact) mass is 385 g/mol. The molecule has 148 valence electrons. The number of hydrogen-bond acceptors (Lipinski definition) is 6. The van der Waals surface area contributed by atoms with Gasteiger partial charge in [0.2, 0.25) is 5.75 Å². The molecule has 0 fully saturated rings. The number of hydrogen-bond donors (Lipinski definition) is 2. The van der Waals surface area contributed by atoms with Gasteiger partial charge >= 0.3 is 11.8 Å². The molecule has 0 aliphatic carbocycles. The highest BCUT2D eigenvalue weighted by molar-refractivity contribution is 6.39. The number of carbonyl (C=O) groups excluding carboxylic acids is 2. The van der Waals surface area contributed by atoms with Crippen LogP contribution in [0, 0.1) is 13.8 Å². The second kappa shape index (κ2) is 9.40. The van der Waals surface area contributed by atoms with Crippen LogP contribution in [0.3, 0.4) is 0 Å². The largest absolute Gasteiger partial charge is 0.493 e. The van der Waals surface area contributed by atoms with Crippen LogP contribution in [0.5, 0.6) is 17.2 Å². The third-order valence-electron chi connectivity index (χ3n) is 4.08. The molecule has 0 spiro atoms. The van der Waals surface area contributed by atoms with Crippen LogP contribution in [0.25, 0.3) is 0 Å². The SMILES string of the molecule is COc1ccc(/C=N/NC(=O)C(=O)Nc2ccc(C)c(C)c2)c(OC)c1OC. The zero-order chi connectivity index (χ0) is 20.7. The molecule has 0 aliphatic rings. The Morgan fingerprint density at radius 3 is 2.21 bits per heavy atom. The van der Waals surface area contributed by atoms with Gasteiger partial charge in [0, 0.05) is 11.3 Å². The van der Waals surface area contributed by atoms with Gasteiger partial charge in [-0.15, -0.1) is 0 Å². The zero-order valence-electron chi connectivity index (χ0n) is 16.5. The number of amides is 2. The standard InChI is InChI=1S/C20H23N3O5/c1-12-6-8-15(10-13(12)2)22-19(24)20(25)23-21-11-14-7-9-16(26-3)18(28-5)17(14)27-4/h6-11H,1-5H3,(H,22,24)(H,23,25)/b21-11+. The first-order valence-electron chi connectivity index (χ1n) is 8.41. The second-order valence-electron chi connectivity index (χ2n) is 5.88. The number of nitrogens with one attached hydrogen (secondary N) is 2. The molecular formula is C20H23N3O5. The van der Waals surface area contributed by atoms with E-state index in [0.29, 0.717) is 28.5 Å². The molecule has 2 N–H and O–H groups in total. The average Bonchev–Trinajstić information content (AvgIpc) is 2.69. The van der Waals surface area contributed by atoms with Crippen LogP contribution < -0.4 is 25.0 Å². The fourth-order valence-electron chi connectivity index (χ4n) is 2.44. The van der Waals surface area contributed by atoms with Crippen molar-refractivity contribution in [1.29, 1.82) is 0 Å². The lowest BCUT2D eigenvalue weighted by Gasteiger charge is -2.13. The summed E-state index contributed by atoms with van der Waals surface area (Å²) >= 11 is 0. The van der Waals surface area contributed by atoms with E-state index in [4.69, 9.17) is 14.2 Å². The maximum Gasteiger partial charge on any atom is 0.329 e. The second-order valence-corrected chi connectivity index (χ2v) is 5.88. The lowest BCUT2D eigenvalue weighted by molar-refractivity contribution is -0.136. The van der Waals surface area contributed by atoms with E-state index in [-0.39, 0.29) is 0 Å². The van der Waals surface area contributed by atoms with Crippen molar-refractivity contribution < 1.29 is 23.8 Å². The fraction of sp³-hybridized carbons (Fsp3) is 0.250. The smallest absolute Gasteiger partial charge is 0.329 e. The summed E-state index contributed by atoms with van der Waals surface area (Å²) in [5.41, 5.74) is 5.36. The first kappa shape index (κ1) is 20.8. The fourth-order valence-corrected chi connectivity index (χ4v) is 2.44. The molecule has 0 radical (unpaired) electrons. The third kappa shape index (κ3) is 4.79. The summed E-state index contributed by atoms with van der Waals surface area (Å²) in [7, 11) is 4.48. The molecule has 0 unspecified atom stereocenters. The van der Waals surface area contributed by atoms with Crippen molar-refractivity contribution in [3.05, 3.63) is 47.0 Å². The number of nitrogens with zero attached hydrogens (tertiary/aromatic N) is 1. The highest BCUT2D eigenvalue weighted by atomic mass is 16.5. The molecule has 0 saturated carbocycles. The molecule has 0 heterocycles. The summed E-state index contributed by atoms with van der Waals surface area (Å²) in [6, 6.07) is 8.75. The Morgan fingerprint density at radius 2 is 1.61 bits per heavy atom. The lowest BCUT2D eigenvalue weighted by Crippen LogP contribution is -2.32. The summed E-state index contributed by atoms with van der Waals surface area (Å²) in [6.07, 6.45) is 1.35. The predicted molar refractivity (Wildman–Crippen MR) is 106 cm³/mol. The van der Waals surface area contributed by atoms with Gasteiger partial charge in [0.1, 0.15) is 0 Å². The zero-order valence-corrected chi connectivity index (χ0v) is 16.5. The van der Waals surface area contributed by atoms with Crippen molar-refractivity contribution >= 4 is 23.7 Å². The van der Waals surface area contributed by atoms with Crippen LogP contribution in [0.15, 0.2) is 35.4 Å². The van der Waals surface area contributed by atoms with E-state index < -0.39 is 11.8 Å². The number of rotatable bonds is 6. The van der Waals surface area contributed by atoms with E-state index >= 15 is 0 Å². The Bertz CT molecular complexity index is 909. The van der Waals surface area contributed by atoms with Crippen LogP contribution in [-0.2, 0) is 9.59 Å². The van der Waals surface area contributed by atoms with E-state index in [9.17, 15) is 9.59 Å². The van der Waals surface area contributed by atoms with Gasteiger partial charge in [-0.1, -0.05) is 6.07 Å². The Hall–Kier alpha value is -3.55. The lowest BCUT2D eigenvalue weighted by atomic mass is 10.1. The minimum Gasteiger partial charge on any atom is -0.493 e. The van der Waals surface area contributed by atoms with Crippen molar-refractivity contribution in [3.63, 3.8) is 0 Å². The van der Waals surface area contributed by atoms with Crippen molar-refractivity contribution in [1.82, 2.24) is 5.43 Å². The number of aryl methyl sites for hydroxylation is 2. The first-order chi connectivity index (χ1) is 13.4. The molecule has 0 aromatic heterocycles. The van der Waals surface area contributed by atoms with Gasteiger partial charge in [-0.3, -0.25) is 9.59 Å². The predicted octanol–water partition coefficient (Wildman–Crippen LogP) is 2.42. The highest BCUT2D eigenvalue weighted by Crippen LogP contribution is 2.38. The van der Waals surface area contributed by atoms with Crippen LogP contribution >= 0.6 is 0 Å².